The number of halogens is 1. The first-order valence-corrected chi connectivity index (χ1v) is 9.59. The van der Waals surface area contributed by atoms with Gasteiger partial charge < -0.3 is 9.80 Å². The van der Waals surface area contributed by atoms with Crippen LogP contribution in [0.15, 0.2) is 42.5 Å². The summed E-state index contributed by atoms with van der Waals surface area (Å²) in [5.41, 5.74) is 3.76. The van der Waals surface area contributed by atoms with Gasteiger partial charge in [0.2, 0.25) is 0 Å². The van der Waals surface area contributed by atoms with Crippen LogP contribution in [-0.4, -0.2) is 42.0 Å². The summed E-state index contributed by atoms with van der Waals surface area (Å²) in [6, 6.07) is 14.2. The molecule has 29 heavy (non-hydrogen) atoms. The van der Waals surface area contributed by atoms with Gasteiger partial charge >= 0.3 is 0 Å². The molecule has 4 rings (SSSR count). The van der Waals surface area contributed by atoms with Crippen molar-refractivity contribution in [2.24, 2.45) is 0 Å². The Balaban J connectivity index is 1.59. The molecule has 3 aromatic rings. The zero-order valence-electron chi connectivity index (χ0n) is 16.4. The van der Waals surface area contributed by atoms with Gasteiger partial charge in [0.05, 0.1) is 16.6 Å². The number of nitriles is 1. The number of pyridine rings is 1. The van der Waals surface area contributed by atoms with Crippen molar-refractivity contribution in [2.75, 3.05) is 31.1 Å². The summed E-state index contributed by atoms with van der Waals surface area (Å²) in [6.45, 7) is 6.05. The molecule has 1 amide bonds. The number of rotatable bonds is 2. The van der Waals surface area contributed by atoms with Gasteiger partial charge in [0.25, 0.3) is 5.91 Å². The summed E-state index contributed by atoms with van der Waals surface area (Å²) >= 11 is 0. The van der Waals surface area contributed by atoms with Crippen LogP contribution in [0.5, 0.6) is 0 Å². The van der Waals surface area contributed by atoms with Crippen LogP contribution in [0.25, 0.3) is 10.9 Å². The van der Waals surface area contributed by atoms with Crippen molar-refractivity contribution < 1.29 is 9.18 Å². The fraction of sp³-hybridized carbons (Fsp3) is 0.261. The Labute approximate surface area is 169 Å². The molecule has 0 spiro atoms. The van der Waals surface area contributed by atoms with Gasteiger partial charge in [0.15, 0.2) is 0 Å². The molecule has 0 saturated carbocycles. The minimum Gasteiger partial charge on any atom is -0.352 e. The molecule has 0 unspecified atom stereocenters. The summed E-state index contributed by atoms with van der Waals surface area (Å²) in [7, 11) is 0. The molecule has 0 radical (unpaired) electrons. The molecule has 5 nitrogen and oxygen atoms in total. The van der Waals surface area contributed by atoms with E-state index in [0.717, 1.165) is 22.0 Å². The van der Waals surface area contributed by atoms with E-state index in [-0.39, 0.29) is 11.5 Å². The lowest BCUT2D eigenvalue weighted by Gasteiger charge is -2.36. The van der Waals surface area contributed by atoms with Crippen LogP contribution >= 0.6 is 0 Å². The van der Waals surface area contributed by atoms with Crippen molar-refractivity contribution in [3.05, 3.63) is 70.5 Å². The molecule has 1 saturated heterocycles. The zero-order chi connectivity index (χ0) is 20.5. The Hall–Kier alpha value is -3.46. The highest BCUT2D eigenvalue weighted by atomic mass is 19.1. The van der Waals surface area contributed by atoms with Crippen molar-refractivity contribution in [2.45, 2.75) is 13.8 Å². The van der Waals surface area contributed by atoms with Crippen LogP contribution in [0.1, 0.15) is 27.0 Å². The highest BCUT2D eigenvalue weighted by Crippen LogP contribution is 2.27. The number of piperazine rings is 1. The monoisotopic (exact) mass is 388 g/mol. The number of benzene rings is 2. The van der Waals surface area contributed by atoms with Crippen LogP contribution in [0, 0.1) is 31.0 Å². The molecule has 146 valence electrons. The standard InChI is InChI=1S/C23H21FN4O/c1-15-7-8-17-13-18(14-25)22(26-21(17)16(15)2)27-9-11-28(12-10-27)23(29)19-5-3-4-6-20(19)24/h3-8,13H,9-12H2,1-2H3. The van der Waals surface area contributed by atoms with Gasteiger partial charge in [-0.2, -0.15) is 5.26 Å². The number of carbonyl (C=O) groups excluding carboxylic acids is 1. The Morgan fingerprint density at radius 1 is 1.10 bits per heavy atom. The molecule has 2 aromatic carbocycles. The molecule has 1 aromatic heterocycles. The number of anilines is 1. The van der Waals surface area contributed by atoms with Crippen molar-refractivity contribution >= 4 is 22.6 Å². The largest absolute Gasteiger partial charge is 0.352 e. The van der Waals surface area contributed by atoms with Crippen LogP contribution in [0.2, 0.25) is 0 Å². The van der Waals surface area contributed by atoms with Crippen molar-refractivity contribution in [3.63, 3.8) is 0 Å². The summed E-state index contributed by atoms with van der Waals surface area (Å²) in [5, 5.41) is 10.6. The minimum absolute atomic E-state index is 0.0913. The van der Waals surface area contributed by atoms with Gasteiger partial charge in [-0.1, -0.05) is 24.3 Å². The Morgan fingerprint density at radius 3 is 2.52 bits per heavy atom. The van der Waals surface area contributed by atoms with Crippen molar-refractivity contribution in [1.82, 2.24) is 9.88 Å². The van der Waals surface area contributed by atoms with Crippen molar-refractivity contribution in [1.29, 1.82) is 5.26 Å². The fourth-order valence-electron chi connectivity index (χ4n) is 3.72. The average Bonchev–Trinajstić information content (AvgIpc) is 2.75. The van der Waals surface area contributed by atoms with E-state index in [1.54, 1.807) is 17.0 Å². The molecule has 2 heterocycles. The third kappa shape index (κ3) is 3.40. The number of fused-ring (bicyclic) bond motifs is 1. The normalized spacial score (nSPS) is 14.1. The summed E-state index contributed by atoms with van der Waals surface area (Å²) in [5.74, 6) is -0.165. The predicted octanol–water partition coefficient (Wildman–Crippen LogP) is 3.82. The van der Waals surface area contributed by atoms with E-state index in [4.69, 9.17) is 4.98 Å². The second-order valence-corrected chi connectivity index (χ2v) is 7.31. The molecule has 1 fully saturated rings. The number of hydrogen-bond acceptors (Lipinski definition) is 4. The Morgan fingerprint density at radius 2 is 1.83 bits per heavy atom. The smallest absolute Gasteiger partial charge is 0.256 e. The van der Waals surface area contributed by atoms with Crippen molar-refractivity contribution in [3.8, 4) is 6.07 Å². The number of hydrogen-bond donors (Lipinski definition) is 0. The van der Waals surface area contributed by atoms with Gasteiger partial charge in [-0.15, -0.1) is 0 Å². The lowest BCUT2D eigenvalue weighted by molar-refractivity contribution is 0.0742. The first kappa shape index (κ1) is 18.9. The maximum Gasteiger partial charge on any atom is 0.256 e. The first-order valence-electron chi connectivity index (χ1n) is 9.59. The van der Waals surface area contributed by atoms with E-state index in [1.165, 1.54) is 12.1 Å². The summed E-state index contributed by atoms with van der Waals surface area (Å²) in [4.78, 5) is 21.1. The average molecular weight is 388 g/mol. The van der Waals surface area contributed by atoms with E-state index < -0.39 is 5.82 Å². The molecule has 0 N–H and O–H groups in total. The van der Waals surface area contributed by atoms with Crippen LogP contribution in [0.3, 0.4) is 0 Å². The highest BCUT2D eigenvalue weighted by Gasteiger charge is 2.26. The second-order valence-electron chi connectivity index (χ2n) is 7.31. The SMILES string of the molecule is Cc1ccc2cc(C#N)c(N3CCN(C(=O)c4ccccc4F)CC3)nc2c1C. The van der Waals surface area contributed by atoms with Gasteiger partial charge in [-0.05, 0) is 43.2 Å². The predicted molar refractivity (Wildman–Crippen MR) is 110 cm³/mol. The van der Waals surface area contributed by atoms with E-state index in [9.17, 15) is 14.4 Å². The number of aromatic nitrogens is 1. The maximum atomic E-state index is 14.0. The molecule has 1 aliphatic rings. The number of nitrogens with zero attached hydrogens (tertiary/aromatic N) is 4. The molecule has 0 aliphatic carbocycles. The van der Waals surface area contributed by atoms with Gasteiger partial charge in [0, 0.05) is 31.6 Å². The highest BCUT2D eigenvalue weighted by molar-refractivity contribution is 5.94. The van der Waals surface area contributed by atoms with Gasteiger partial charge in [-0.3, -0.25) is 4.79 Å². The van der Waals surface area contributed by atoms with E-state index in [1.807, 2.05) is 36.9 Å². The van der Waals surface area contributed by atoms with Crippen LogP contribution in [0.4, 0.5) is 10.2 Å². The van der Waals surface area contributed by atoms with E-state index in [0.29, 0.717) is 37.6 Å². The second kappa shape index (κ2) is 7.51. The molecule has 6 heteroatoms. The van der Waals surface area contributed by atoms with Gasteiger partial charge in [0.1, 0.15) is 17.7 Å². The maximum absolute atomic E-state index is 14.0. The zero-order valence-corrected chi connectivity index (χ0v) is 16.4. The summed E-state index contributed by atoms with van der Waals surface area (Å²) in [6.07, 6.45) is 0. The van der Waals surface area contributed by atoms with Crippen LogP contribution < -0.4 is 4.90 Å². The third-order valence-corrected chi connectivity index (χ3v) is 5.58. The quantitative estimate of drug-likeness (QED) is 0.670. The minimum atomic E-state index is -0.506. The lowest BCUT2D eigenvalue weighted by Crippen LogP contribution is -2.49. The first-order chi connectivity index (χ1) is 14.0. The summed E-state index contributed by atoms with van der Waals surface area (Å²) < 4.78 is 14.0. The van der Waals surface area contributed by atoms with E-state index in [2.05, 4.69) is 6.07 Å². The molecular formula is C23H21FN4O. The Kier molecular flexibility index (Phi) is 4.89. The third-order valence-electron chi connectivity index (χ3n) is 5.58. The fourth-order valence-corrected chi connectivity index (χ4v) is 3.72. The number of amides is 1. The Bertz CT molecular complexity index is 1140. The van der Waals surface area contributed by atoms with Crippen LogP contribution in [-0.2, 0) is 0 Å². The number of carbonyl (C=O) groups is 1. The molecular weight excluding hydrogens is 367 g/mol. The lowest BCUT2D eigenvalue weighted by atomic mass is 10.0. The van der Waals surface area contributed by atoms with E-state index >= 15 is 0 Å². The number of aryl methyl sites for hydroxylation is 2. The molecule has 0 bridgehead atoms. The molecule has 1 aliphatic heterocycles. The van der Waals surface area contributed by atoms with Gasteiger partial charge in [-0.25, -0.2) is 9.37 Å². The topological polar surface area (TPSA) is 60.2 Å². The molecule has 0 atom stereocenters.